The second kappa shape index (κ2) is 6.87. The number of fused-ring (bicyclic) bond motifs is 1. The van der Waals surface area contributed by atoms with Crippen LogP contribution in [0.4, 0.5) is 0 Å². The second-order valence-electron chi connectivity index (χ2n) is 6.58. The zero-order valence-corrected chi connectivity index (χ0v) is 15.2. The van der Waals surface area contributed by atoms with Crippen molar-refractivity contribution < 1.29 is 4.79 Å². The molecule has 24 heavy (non-hydrogen) atoms. The normalized spacial score (nSPS) is 22.2. The summed E-state index contributed by atoms with van der Waals surface area (Å²) in [5.74, 6) is 0.102. The lowest BCUT2D eigenvalue weighted by atomic mass is 10.2. The largest absolute Gasteiger partial charge is 0.338 e. The summed E-state index contributed by atoms with van der Waals surface area (Å²) in [7, 11) is 0. The molecule has 0 radical (unpaired) electrons. The smallest absolute Gasteiger partial charge is 0.246 e. The average molecular weight is 361 g/mol. The first-order valence-corrected chi connectivity index (χ1v) is 9.80. The van der Waals surface area contributed by atoms with Gasteiger partial charge in [-0.05, 0) is 44.5 Å². The highest BCUT2D eigenvalue weighted by Gasteiger charge is 2.30. The first-order valence-electron chi connectivity index (χ1n) is 8.60. The molecule has 2 aromatic rings. The Kier molecular flexibility index (Phi) is 4.61. The van der Waals surface area contributed by atoms with Crippen LogP contribution >= 0.6 is 22.9 Å². The molecule has 1 unspecified atom stereocenters. The Morgan fingerprint density at radius 2 is 2.00 bits per heavy atom. The SMILES string of the molecule is O=C(/C=C/c1sc2ccccc2c1Cl)N1CCC(N2CCCC2)C1. The van der Waals surface area contributed by atoms with Crippen LogP contribution in [0.3, 0.4) is 0 Å². The third-order valence-corrected chi connectivity index (χ3v) is 6.72. The Labute approximate surface area is 151 Å². The van der Waals surface area contributed by atoms with Crippen molar-refractivity contribution in [1.29, 1.82) is 0 Å². The number of halogens is 1. The highest BCUT2D eigenvalue weighted by atomic mass is 35.5. The molecule has 0 spiro atoms. The highest BCUT2D eigenvalue weighted by Crippen LogP contribution is 2.36. The quantitative estimate of drug-likeness (QED) is 0.763. The number of thiophene rings is 1. The van der Waals surface area contributed by atoms with E-state index in [0.29, 0.717) is 6.04 Å². The predicted octanol–water partition coefficient (Wildman–Crippen LogP) is 4.26. The van der Waals surface area contributed by atoms with Gasteiger partial charge in [0, 0.05) is 40.2 Å². The van der Waals surface area contributed by atoms with Crippen molar-refractivity contribution in [2.45, 2.75) is 25.3 Å². The number of nitrogens with zero attached hydrogens (tertiary/aromatic N) is 2. The standard InChI is InChI=1S/C19H21ClN2OS/c20-19-15-5-1-2-6-16(15)24-17(19)7-8-18(23)22-12-9-14(13-22)21-10-3-4-11-21/h1-2,5-8,14H,3-4,9-13H2/b8-7+. The van der Waals surface area contributed by atoms with Crippen LogP contribution < -0.4 is 0 Å². The van der Waals surface area contributed by atoms with Crippen LogP contribution in [-0.2, 0) is 4.79 Å². The molecule has 1 aromatic heterocycles. The molecule has 1 atom stereocenters. The summed E-state index contributed by atoms with van der Waals surface area (Å²) in [5, 5.41) is 1.81. The van der Waals surface area contributed by atoms with Crippen molar-refractivity contribution in [2.24, 2.45) is 0 Å². The predicted molar refractivity (Wildman–Crippen MR) is 102 cm³/mol. The van der Waals surface area contributed by atoms with E-state index in [9.17, 15) is 4.79 Å². The lowest BCUT2D eigenvalue weighted by molar-refractivity contribution is -0.125. The van der Waals surface area contributed by atoms with Crippen molar-refractivity contribution in [3.05, 3.63) is 40.2 Å². The van der Waals surface area contributed by atoms with Gasteiger partial charge in [0.05, 0.1) is 5.02 Å². The van der Waals surface area contributed by atoms with E-state index in [-0.39, 0.29) is 5.91 Å². The lowest BCUT2D eigenvalue weighted by Gasteiger charge is -2.23. The highest BCUT2D eigenvalue weighted by molar-refractivity contribution is 7.20. The monoisotopic (exact) mass is 360 g/mol. The maximum Gasteiger partial charge on any atom is 0.246 e. The Hall–Kier alpha value is -1.36. The summed E-state index contributed by atoms with van der Waals surface area (Å²) in [5.41, 5.74) is 0. The molecular formula is C19H21ClN2OS. The average Bonchev–Trinajstić information content (AvgIpc) is 3.33. The number of carbonyl (C=O) groups is 1. The first-order chi connectivity index (χ1) is 11.7. The van der Waals surface area contributed by atoms with Gasteiger partial charge in [-0.25, -0.2) is 0 Å². The number of likely N-dealkylation sites (tertiary alicyclic amines) is 2. The van der Waals surface area contributed by atoms with E-state index in [4.69, 9.17) is 11.6 Å². The van der Waals surface area contributed by atoms with Crippen molar-refractivity contribution in [2.75, 3.05) is 26.2 Å². The van der Waals surface area contributed by atoms with Gasteiger partial charge in [0.2, 0.25) is 5.91 Å². The molecule has 0 aliphatic carbocycles. The van der Waals surface area contributed by atoms with Gasteiger partial charge in [0.1, 0.15) is 0 Å². The van der Waals surface area contributed by atoms with E-state index in [1.807, 2.05) is 29.2 Å². The van der Waals surface area contributed by atoms with E-state index < -0.39 is 0 Å². The minimum atomic E-state index is 0.102. The topological polar surface area (TPSA) is 23.6 Å². The summed E-state index contributed by atoms with van der Waals surface area (Å²) in [6.45, 7) is 4.12. The Balaban J connectivity index is 1.43. The van der Waals surface area contributed by atoms with Gasteiger partial charge < -0.3 is 4.90 Å². The third kappa shape index (κ3) is 3.10. The molecule has 2 fully saturated rings. The maximum atomic E-state index is 12.5. The zero-order valence-electron chi connectivity index (χ0n) is 13.6. The Morgan fingerprint density at radius 3 is 2.79 bits per heavy atom. The van der Waals surface area contributed by atoms with Gasteiger partial charge in [-0.3, -0.25) is 9.69 Å². The van der Waals surface area contributed by atoms with Gasteiger partial charge in [-0.2, -0.15) is 0 Å². The minimum absolute atomic E-state index is 0.102. The van der Waals surface area contributed by atoms with Crippen LogP contribution in [0.2, 0.25) is 5.02 Å². The molecule has 3 heterocycles. The molecule has 1 aromatic carbocycles. The second-order valence-corrected chi connectivity index (χ2v) is 8.04. The van der Waals surface area contributed by atoms with E-state index >= 15 is 0 Å². The summed E-state index contributed by atoms with van der Waals surface area (Å²) in [6.07, 6.45) is 7.26. The molecular weight excluding hydrogens is 340 g/mol. The summed E-state index contributed by atoms with van der Waals surface area (Å²) in [4.78, 5) is 18.0. The number of carbonyl (C=O) groups excluding carboxylic acids is 1. The molecule has 4 rings (SSSR count). The van der Waals surface area contributed by atoms with E-state index in [1.54, 1.807) is 17.4 Å². The number of hydrogen-bond acceptors (Lipinski definition) is 3. The van der Waals surface area contributed by atoms with E-state index in [1.165, 1.54) is 25.9 Å². The van der Waals surface area contributed by atoms with Crippen molar-refractivity contribution >= 4 is 45.0 Å². The van der Waals surface area contributed by atoms with Crippen LogP contribution in [0, 0.1) is 0 Å². The maximum absolute atomic E-state index is 12.5. The van der Waals surface area contributed by atoms with Gasteiger partial charge >= 0.3 is 0 Å². The molecule has 2 saturated heterocycles. The molecule has 2 aliphatic heterocycles. The van der Waals surface area contributed by atoms with E-state index in [2.05, 4.69) is 11.0 Å². The van der Waals surface area contributed by atoms with E-state index in [0.717, 1.165) is 39.5 Å². The summed E-state index contributed by atoms with van der Waals surface area (Å²) >= 11 is 8.07. The zero-order chi connectivity index (χ0) is 16.5. The van der Waals surface area contributed by atoms with Crippen molar-refractivity contribution in [1.82, 2.24) is 9.80 Å². The molecule has 3 nitrogen and oxygen atoms in total. The van der Waals surface area contributed by atoms with Gasteiger partial charge in [0.25, 0.3) is 0 Å². The Bertz CT molecular complexity index is 779. The van der Waals surface area contributed by atoms with Crippen molar-refractivity contribution in [3.8, 4) is 0 Å². The molecule has 2 aliphatic rings. The molecule has 126 valence electrons. The number of hydrogen-bond donors (Lipinski definition) is 0. The summed E-state index contributed by atoms with van der Waals surface area (Å²) in [6, 6.07) is 8.64. The van der Waals surface area contributed by atoms with Crippen molar-refractivity contribution in [3.63, 3.8) is 0 Å². The van der Waals surface area contributed by atoms with Crippen LogP contribution in [0.15, 0.2) is 30.3 Å². The van der Waals surface area contributed by atoms with Gasteiger partial charge in [-0.15, -0.1) is 11.3 Å². The van der Waals surface area contributed by atoms with Crippen LogP contribution in [0.25, 0.3) is 16.2 Å². The fraction of sp³-hybridized carbons (Fsp3) is 0.421. The third-order valence-electron chi connectivity index (χ3n) is 5.07. The molecule has 0 saturated carbocycles. The molecule has 0 N–H and O–H groups in total. The van der Waals surface area contributed by atoms with Crippen LogP contribution in [0.1, 0.15) is 24.1 Å². The number of rotatable bonds is 3. The van der Waals surface area contributed by atoms with Crippen LogP contribution in [0.5, 0.6) is 0 Å². The number of benzene rings is 1. The molecule has 0 bridgehead atoms. The van der Waals surface area contributed by atoms with Gasteiger partial charge in [-0.1, -0.05) is 29.8 Å². The summed E-state index contributed by atoms with van der Waals surface area (Å²) < 4.78 is 1.16. The molecule has 1 amide bonds. The molecule has 5 heteroatoms. The minimum Gasteiger partial charge on any atom is -0.338 e. The fourth-order valence-electron chi connectivity index (χ4n) is 3.74. The Morgan fingerprint density at radius 1 is 1.21 bits per heavy atom. The lowest BCUT2D eigenvalue weighted by Crippen LogP contribution is -2.36. The first kappa shape index (κ1) is 16.1. The fourth-order valence-corrected chi connectivity index (χ4v) is 5.14. The van der Waals surface area contributed by atoms with Gasteiger partial charge in [0.15, 0.2) is 0 Å². The number of amides is 1. The van der Waals surface area contributed by atoms with Crippen LogP contribution in [-0.4, -0.2) is 47.9 Å².